The summed E-state index contributed by atoms with van der Waals surface area (Å²) < 4.78 is 12.8. The van der Waals surface area contributed by atoms with Gasteiger partial charge >= 0.3 is 0 Å². The fourth-order valence-corrected chi connectivity index (χ4v) is 19.8. The largest absolute Gasteiger partial charge is 0.456 e. The first-order valence-electron chi connectivity index (χ1n) is 10.0. The Balaban J connectivity index is 3.71. The van der Waals surface area contributed by atoms with E-state index in [1.165, 1.54) is 50.6 Å². The third-order valence-corrected chi connectivity index (χ3v) is 16.4. The molecule has 0 bridgehead atoms. The maximum atomic E-state index is 6.42. The summed E-state index contributed by atoms with van der Waals surface area (Å²) in [7, 11) is -5.53. The molecule has 0 radical (unpaired) electrons. The summed E-state index contributed by atoms with van der Waals surface area (Å²) in [5, 5.41) is 0. The summed E-state index contributed by atoms with van der Waals surface area (Å²) >= 11 is 0. The van der Waals surface area contributed by atoms with Crippen molar-refractivity contribution in [2.24, 2.45) is 0 Å². The molecule has 0 spiro atoms. The highest BCUT2D eigenvalue weighted by molar-refractivity contribution is 6.84. The minimum atomic E-state index is -1.41. The summed E-state index contributed by atoms with van der Waals surface area (Å²) in [6, 6.07) is 2.67. The zero-order valence-corrected chi connectivity index (χ0v) is 22.5. The van der Waals surface area contributed by atoms with Crippen LogP contribution in [-0.2, 0) is 8.23 Å². The second-order valence-corrected chi connectivity index (χ2v) is 28.7. The summed E-state index contributed by atoms with van der Waals surface area (Å²) in [6.45, 7) is 23.5. The molecule has 0 amide bonds. The van der Waals surface area contributed by atoms with E-state index in [9.17, 15) is 0 Å². The predicted octanol–water partition coefficient (Wildman–Crippen LogP) is 7.44. The molecule has 0 rings (SSSR count). The Bertz CT molecular complexity index is 310. The molecule has 0 atom stereocenters. The van der Waals surface area contributed by atoms with E-state index in [0.717, 1.165) is 0 Å². The van der Waals surface area contributed by atoms with E-state index in [1.807, 2.05) is 0 Å². The standard InChI is InChI=1S/C18H46O2Si4/c1-21(2,3)19-23(7,8)17-15-13-11-12-14-16-18-24(9,10)20-22(4,5)6/h11-18H2,1-10H3. The van der Waals surface area contributed by atoms with Crippen molar-refractivity contribution in [2.45, 2.75) is 116 Å². The van der Waals surface area contributed by atoms with Crippen LogP contribution in [0.1, 0.15) is 38.5 Å². The zero-order valence-electron chi connectivity index (χ0n) is 18.5. The maximum absolute atomic E-state index is 6.42. The van der Waals surface area contributed by atoms with Crippen molar-refractivity contribution in [3.63, 3.8) is 0 Å². The molecule has 0 aliphatic rings. The van der Waals surface area contributed by atoms with Crippen LogP contribution in [0, 0.1) is 0 Å². The van der Waals surface area contributed by atoms with Crippen LogP contribution in [0.2, 0.25) is 77.6 Å². The molecule has 2 nitrogen and oxygen atoms in total. The molecule has 0 aromatic heterocycles. The number of hydrogen-bond acceptors (Lipinski definition) is 2. The SMILES string of the molecule is C[Si](C)(C)O[Si](C)(C)CCCCCCCC[Si](C)(C)O[Si](C)(C)C. The average molecular weight is 407 g/mol. The van der Waals surface area contributed by atoms with Crippen LogP contribution in [0.15, 0.2) is 0 Å². The van der Waals surface area contributed by atoms with Crippen molar-refractivity contribution in [1.82, 2.24) is 0 Å². The molecule has 146 valence electrons. The predicted molar refractivity (Wildman–Crippen MR) is 121 cm³/mol. The second-order valence-electron chi connectivity index (χ2n) is 10.6. The normalized spacial score (nSPS) is 14.2. The zero-order chi connectivity index (χ0) is 19.1. The van der Waals surface area contributed by atoms with Gasteiger partial charge in [-0.3, -0.25) is 0 Å². The molecule has 0 unspecified atom stereocenters. The van der Waals surface area contributed by atoms with E-state index < -0.39 is 33.3 Å². The van der Waals surface area contributed by atoms with Gasteiger partial charge in [0.15, 0.2) is 33.3 Å². The maximum Gasteiger partial charge on any atom is 0.173 e. The van der Waals surface area contributed by atoms with Crippen LogP contribution in [0.25, 0.3) is 0 Å². The van der Waals surface area contributed by atoms with Gasteiger partial charge in [0.1, 0.15) is 0 Å². The molecule has 0 fully saturated rings. The van der Waals surface area contributed by atoms with E-state index in [4.69, 9.17) is 8.23 Å². The monoisotopic (exact) mass is 406 g/mol. The third-order valence-electron chi connectivity index (χ3n) is 3.97. The lowest BCUT2D eigenvalue weighted by molar-refractivity contribution is 0.529. The van der Waals surface area contributed by atoms with Gasteiger partial charge in [0.25, 0.3) is 0 Å². The molecule has 0 aromatic carbocycles. The molecule has 0 aliphatic heterocycles. The van der Waals surface area contributed by atoms with Crippen molar-refractivity contribution >= 4 is 33.3 Å². The highest BCUT2D eigenvalue weighted by Crippen LogP contribution is 2.23. The number of hydrogen-bond donors (Lipinski definition) is 0. The van der Waals surface area contributed by atoms with Crippen molar-refractivity contribution in [1.29, 1.82) is 0 Å². The fourth-order valence-electron chi connectivity index (χ4n) is 3.57. The van der Waals surface area contributed by atoms with Crippen molar-refractivity contribution < 1.29 is 8.23 Å². The summed E-state index contributed by atoms with van der Waals surface area (Å²) in [4.78, 5) is 0. The van der Waals surface area contributed by atoms with Crippen LogP contribution < -0.4 is 0 Å². The van der Waals surface area contributed by atoms with Crippen molar-refractivity contribution in [2.75, 3.05) is 0 Å². The van der Waals surface area contributed by atoms with Crippen LogP contribution in [0.3, 0.4) is 0 Å². The smallest absolute Gasteiger partial charge is 0.173 e. The van der Waals surface area contributed by atoms with Gasteiger partial charge in [-0.1, -0.05) is 38.5 Å². The molecular formula is C18H46O2Si4. The third kappa shape index (κ3) is 16.3. The molecular weight excluding hydrogens is 361 g/mol. The van der Waals surface area contributed by atoms with Crippen LogP contribution >= 0.6 is 0 Å². The molecule has 6 heteroatoms. The van der Waals surface area contributed by atoms with Gasteiger partial charge in [0, 0.05) is 0 Å². The first-order valence-corrected chi connectivity index (χ1v) is 23.1. The molecule has 0 saturated carbocycles. The minimum Gasteiger partial charge on any atom is -0.456 e. The van der Waals surface area contributed by atoms with E-state index in [0.29, 0.717) is 0 Å². The first kappa shape index (κ1) is 24.8. The Labute approximate surface area is 157 Å². The molecule has 0 aromatic rings. The molecule has 0 N–H and O–H groups in total. The lowest BCUT2D eigenvalue weighted by Crippen LogP contribution is -2.42. The Morgan fingerprint density at radius 3 is 0.917 bits per heavy atom. The molecule has 0 aliphatic carbocycles. The van der Waals surface area contributed by atoms with Gasteiger partial charge in [0.05, 0.1) is 0 Å². The number of unbranched alkanes of at least 4 members (excludes halogenated alkanes) is 5. The Morgan fingerprint density at radius 2 is 0.667 bits per heavy atom. The summed E-state index contributed by atoms with van der Waals surface area (Å²) in [5.41, 5.74) is 0. The van der Waals surface area contributed by atoms with Crippen LogP contribution in [0.4, 0.5) is 0 Å². The van der Waals surface area contributed by atoms with E-state index in [-0.39, 0.29) is 0 Å². The minimum absolute atomic E-state index is 1.33. The van der Waals surface area contributed by atoms with E-state index in [1.54, 1.807) is 0 Å². The lowest BCUT2D eigenvalue weighted by atomic mass is 10.1. The highest BCUT2D eigenvalue weighted by Gasteiger charge is 2.29. The Hall–Kier alpha value is 0.788. The van der Waals surface area contributed by atoms with Crippen LogP contribution in [-0.4, -0.2) is 33.3 Å². The average Bonchev–Trinajstić information content (AvgIpc) is 2.25. The number of rotatable bonds is 13. The second kappa shape index (κ2) is 10.2. The van der Waals surface area contributed by atoms with Gasteiger partial charge in [-0.05, 0) is 77.6 Å². The van der Waals surface area contributed by atoms with Gasteiger partial charge in [-0.25, -0.2) is 0 Å². The summed E-state index contributed by atoms with van der Waals surface area (Å²) in [5.74, 6) is 0. The van der Waals surface area contributed by atoms with Gasteiger partial charge in [0.2, 0.25) is 0 Å². The molecule has 0 saturated heterocycles. The highest BCUT2D eigenvalue weighted by atomic mass is 28.4. The van der Waals surface area contributed by atoms with E-state index in [2.05, 4.69) is 65.5 Å². The molecule has 24 heavy (non-hydrogen) atoms. The van der Waals surface area contributed by atoms with Gasteiger partial charge in [-0.15, -0.1) is 0 Å². The Morgan fingerprint density at radius 1 is 0.417 bits per heavy atom. The van der Waals surface area contributed by atoms with Crippen LogP contribution in [0.5, 0.6) is 0 Å². The first-order chi connectivity index (χ1) is 10.6. The van der Waals surface area contributed by atoms with Crippen molar-refractivity contribution in [3.05, 3.63) is 0 Å². The van der Waals surface area contributed by atoms with Crippen molar-refractivity contribution in [3.8, 4) is 0 Å². The topological polar surface area (TPSA) is 18.5 Å². The Kier molecular flexibility index (Phi) is 10.5. The fraction of sp³-hybridized carbons (Fsp3) is 1.00. The van der Waals surface area contributed by atoms with E-state index >= 15 is 0 Å². The van der Waals surface area contributed by atoms with Gasteiger partial charge in [-0.2, -0.15) is 0 Å². The quantitative estimate of drug-likeness (QED) is 0.234. The molecule has 0 heterocycles. The van der Waals surface area contributed by atoms with Gasteiger partial charge < -0.3 is 8.23 Å². The lowest BCUT2D eigenvalue weighted by Gasteiger charge is -2.31. The summed E-state index contributed by atoms with van der Waals surface area (Å²) in [6.07, 6.45) is 8.30.